The lowest BCUT2D eigenvalue weighted by atomic mass is 9.99. The molecular weight excluding hydrogens is 519 g/mol. The summed E-state index contributed by atoms with van der Waals surface area (Å²) in [6.07, 6.45) is 8.89. The number of carbonyl (C=O) groups is 2. The van der Waals surface area contributed by atoms with Crippen LogP contribution in [0.1, 0.15) is 47.3 Å². The van der Waals surface area contributed by atoms with E-state index in [0.717, 1.165) is 29.9 Å². The van der Waals surface area contributed by atoms with E-state index in [-0.39, 0.29) is 17.3 Å². The van der Waals surface area contributed by atoms with Crippen LogP contribution in [0.15, 0.2) is 60.9 Å². The molecule has 202 valence electrons. The summed E-state index contributed by atoms with van der Waals surface area (Å²) in [5, 5.41) is 11.9. The van der Waals surface area contributed by atoms with Crippen LogP contribution in [0.2, 0.25) is 5.02 Å². The van der Waals surface area contributed by atoms with Crippen molar-refractivity contribution < 1.29 is 14.0 Å². The maximum Gasteiger partial charge on any atom is 0.267 e. The van der Waals surface area contributed by atoms with Gasteiger partial charge in [0.05, 0.1) is 18.3 Å². The van der Waals surface area contributed by atoms with Crippen LogP contribution in [0.4, 0.5) is 4.39 Å². The molecule has 2 aromatic heterocycles. The van der Waals surface area contributed by atoms with Gasteiger partial charge in [-0.15, -0.1) is 5.10 Å². The Bertz CT molecular complexity index is 1480. The number of benzene rings is 2. The number of carbonyl (C=O) groups excluding carboxylic acids is 2. The Kier molecular flexibility index (Phi) is 8.36. The molecule has 0 fully saturated rings. The minimum Gasteiger partial charge on any atom is -0.351 e. The van der Waals surface area contributed by atoms with Crippen LogP contribution >= 0.6 is 11.6 Å². The number of hydrogen-bond donors (Lipinski definition) is 2. The maximum atomic E-state index is 15.6. The van der Waals surface area contributed by atoms with Crippen molar-refractivity contribution in [3.05, 3.63) is 88.6 Å². The molecular formula is C29H30ClFN6O2. The average Bonchev–Trinajstić information content (AvgIpc) is 3.63. The molecule has 0 saturated carbocycles. The number of hydrogen-bond acceptors (Lipinski definition) is 4. The average molecular weight is 549 g/mol. The summed E-state index contributed by atoms with van der Waals surface area (Å²) in [4.78, 5) is 30.2. The fourth-order valence-electron chi connectivity index (χ4n) is 4.81. The first kappa shape index (κ1) is 26.6. The predicted octanol–water partition coefficient (Wildman–Crippen LogP) is 5.01. The first-order valence-electron chi connectivity index (χ1n) is 13.1. The van der Waals surface area contributed by atoms with E-state index >= 15 is 4.39 Å². The van der Waals surface area contributed by atoms with Gasteiger partial charge in [-0.25, -0.2) is 4.39 Å². The van der Waals surface area contributed by atoms with Crippen molar-refractivity contribution in [2.45, 2.75) is 38.6 Å². The molecule has 2 amide bonds. The van der Waals surface area contributed by atoms with Crippen LogP contribution in [-0.4, -0.2) is 56.3 Å². The van der Waals surface area contributed by atoms with Crippen LogP contribution < -0.4 is 5.32 Å². The summed E-state index contributed by atoms with van der Waals surface area (Å²) in [7, 11) is 0. The first-order chi connectivity index (χ1) is 19.0. The van der Waals surface area contributed by atoms with E-state index < -0.39 is 5.82 Å². The second-order valence-corrected chi connectivity index (χ2v) is 10.1. The Hall–Kier alpha value is -3.98. The zero-order valence-electron chi connectivity index (χ0n) is 21.5. The lowest BCUT2D eigenvalue weighted by molar-refractivity contribution is -0.131. The van der Waals surface area contributed by atoms with E-state index in [1.165, 1.54) is 5.56 Å². The molecule has 0 saturated heterocycles. The van der Waals surface area contributed by atoms with Crippen LogP contribution in [0.25, 0.3) is 16.5 Å². The molecule has 39 heavy (non-hydrogen) atoms. The van der Waals surface area contributed by atoms with Crippen LogP contribution in [0.5, 0.6) is 0 Å². The third-order valence-corrected chi connectivity index (χ3v) is 7.20. The smallest absolute Gasteiger partial charge is 0.267 e. The third kappa shape index (κ3) is 6.54. The number of aromatic amines is 1. The molecule has 0 unspecified atom stereocenters. The summed E-state index contributed by atoms with van der Waals surface area (Å²) in [6.45, 7) is 1.91. The zero-order chi connectivity index (χ0) is 27.2. The van der Waals surface area contributed by atoms with Crippen molar-refractivity contribution in [1.29, 1.82) is 0 Å². The molecule has 1 aliphatic heterocycles. The third-order valence-electron chi connectivity index (χ3n) is 6.95. The minimum atomic E-state index is -0.419. The van der Waals surface area contributed by atoms with Gasteiger partial charge in [0, 0.05) is 48.2 Å². The number of nitrogens with zero attached hydrogens (tertiary/aromatic N) is 4. The number of amides is 2. The molecule has 2 aromatic carbocycles. The van der Waals surface area contributed by atoms with E-state index in [4.69, 9.17) is 11.6 Å². The number of halogens is 2. The summed E-state index contributed by atoms with van der Waals surface area (Å²) >= 11 is 5.92. The molecule has 0 atom stereocenters. The summed E-state index contributed by atoms with van der Waals surface area (Å²) in [5.74, 6) is -0.693. The molecule has 0 bridgehead atoms. The molecule has 1 aliphatic rings. The Balaban J connectivity index is 1.17. The molecule has 5 rings (SSSR count). The molecule has 0 spiro atoms. The van der Waals surface area contributed by atoms with Crippen molar-refractivity contribution in [3.63, 3.8) is 0 Å². The van der Waals surface area contributed by atoms with Gasteiger partial charge in [-0.05, 0) is 55.0 Å². The summed E-state index contributed by atoms with van der Waals surface area (Å²) in [6, 6.07) is 13.0. The van der Waals surface area contributed by atoms with E-state index in [1.807, 2.05) is 30.3 Å². The number of H-pyrrole nitrogens is 1. The quantitative estimate of drug-likeness (QED) is 0.272. The van der Waals surface area contributed by atoms with Gasteiger partial charge >= 0.3 is 0 Å². The lowest BCUT2D eigenvalue weighted by Gasteiger charge is -2.28. The highest BCUT2D eigenvalue weighted by Crippen LogP contribution is 2.29. The van der Waals surface area contributed by atoms with Gasteiger partial charge in [-0.3, -0.25) is 14.3 Å². The van der Waals surface area contributed by atoms with Crippen molar-refractivity contribution >= 4 is 39.9 Å². The van der Waals surface area contributed by atoms with Gasteiger partial charge in [-0.2, -0.15) is 0 Å². The summed E-state index contributed by atoms with van der Waals surface area (Å²) < 4.78 is 17.2. The fraction of sp³-hybridized carbons (Fsp3) is 0.310. The number of nitrogens with one attached hydrogen (secondary N) is 2. The monoisotopic (exact) mass is 548 g/mol. The highest BCUT2D eigenvalue weighted by Gasteiger charge is 2.22. The number of fused-ring (bicyclic) bond motifs is 1. The molecule has 0 radical (unpaired) electrons. The maximum absolute atomic E-state index is 15.6. The van der Waals surface area contributed by atoms with E-state index in [2.05, 4.69) is 20.6 Å². The highest BCUT2D eigenvalue weighted by atomic mass is 35.5. The van der Waals surface area contributed by atoms with Gasteiger partial charge < -0.3 is 15.2 Å². The van der Waals surface area contributed by atoms with Crippen LogP contribution in [0, 0.1) is 5.82 Å². The first-order valence-corrected chi connectivity index (χ1v) is 13.5. The van der Waals surface area contributed by atoms with Gasteiger partial charge in [0.1, 0.15) is 5.69 Å². The molecule has 4 aromatic rings. The Morgan fingerprint density at radius 3 is 2.77 bits per heavy atom. The van der Waals surface area contributed by atoms with Gasteiger partial charge in [0.25, 0.3) is 5.91 Å². The van der Waals surface area contributed by atoms with E-state index in [1.54, 1.807) is 40.2 Å². The number of aryl methyl sites for hydroxylation is 2. The van der Waals surface area contributed by atoms with Crippen molar-refractivity contribution in [3.8, 4) is 0 Å². The molecule has 8 nitrogen and oxygen atoms in total. The molecule has 10 heteroatoms. The SMILES string of the molecule is O=C(NCCCCc1ccc(Cl)cc1)c1cc2ccc(C3=CCCN(C(=O)CCn4ccnn4)C3)c(F)c2[nH]1. The molecule has 2 N–H and O–H groups in total. The van der Waals surface area contributed by atoms with Crippen molar-refractivity contribution in [2.75, 3.05) is 19.6 Å². The number of aromatic nitrogens is 4. The highest BCUT2D eigenvalue weighted by molar-refractivity contribution is 6.30. The molecule has 0 aliphatic carbocycles. The van der Waals surface area contributed by atoms with Gasteiger partial charge in [-0.1, -0.05) is 47.2 Å². The Labute approximate surface area is 230 Å². The van der Waals surface area contributed by atoms with Crippen molar-refractivity contribution in [2.24, 2.45) is 0 Å². The Morgan fingerprint density at radius 2 is 1.97 bits per heavy atom. The molecule has 3 heterocycles. The Morgan fingerprint density at radius 1 is 1.13 bits per heavy atom. The minimum absolute atomic E-state index is 0.00965. The van der Waals surface area contributed by atoms with Crippen LogP contribution in [0.3, 0.4) is 0 Å². The van der Waals surface area contributed by atoms with Crippen LogP contribution in [-0.2, 0) is 17.8 Å². The van der Waals surface area contributed by atoms with E-state index in [0.29, 0.717) is 55.7 Å². The van der Waals surface area contributed by atoms with E-state index in [9.17, 15) is 9.59 Å². The number of rotatable bonds is 10. The zero-order valence-corrected chi connectivity index (χ0v) is 22.3. The standard InChI is InChI=1S/C29H30ClFN6O2/c30-23-9-6-20(7-10-23)4-1-2-13-32-29(39)25-18-21-8-11-24(27(31)28(21)34-25)22-5-3-15-36(19-22)26(38)12-16-37-17-14-33-35-37/h5-11,14,17-18,34H,1-4,12-13,15-16,19H2,(H,32,39). The lowest BCUT2D eigenvalue weighted by Crippen LogP contribution is -2.36. The normalized spacial score (nSPS) is 13.5. The topological polar surface area (TPSA) is 95.9 Å². The predicted molar refractivity (Wildman–Crippen MR) is 149 cm³/mol. The van der Waals surface area contributed by atoms with Gasteiger partial charge in [0.15, 0.2) is 5.82 Å². The second-order valence-electron chi connectivity index (χ2n) is 9.66. The number of unbranched alkanes of at least 4 members (excludes halogenated alkanes) is 1. The van der Waals surface area contributed by atoms with Crippen molar-refractivity contribution in [1.82, 2.24) is 30.2 Å². The largest absolute Gasteiger partial charge is 0.351 e. The summed E-state index contributed by atoms with van der Waals surface area (Å²) in [5.41, 5.74) is 3.01. The second kappa shape index (κ2) is 12.3. The van der Waals surface area contributed by atoms with Gasteiger partial charge in [0.2, 0.25) is 5.91 Å². The fourth-order valence-corrected chi connectivity index (χ4v) is 4.94.